The van der Waals surface area contributed by atoms with Gasteiger partial charge in [-0.1, -0.05) is 39.3 Å². The van der Waals surface area contributed by atoms with Gasteiger partial charge in [0.05, 0.1) is 6.42 Å². The lowest BCUT2D eigenvalue weighted by Gasteiger charge is -2.21. The van der Waals surface area contributed by atoms with E-state index in [1.54, 1.807) is 7.05 Å². The van der Waals surface area contributed by atoms with Gasteiger partial charge in [0.1, 0.15) is 0 Å². The fourth-order valence-electron chi connectivity index (χ4n) is 2.21. The Morgan fingerprint density at radius 1 is 1.15 bits per heavy atom. The SMILES string of the molecule is CCC(C)CC(CC)Nc1ccc(CC(=O)NC)cc1. The van der Waals surface area contributed by atoms with E-state index >= 15 is 0 Å². The smallest absolute Gasteiger partial charge is 0.224 e. The Kier molecular flexibility index (Phi) is 7.13. The van der Waals surface area contributed by atoms with Crippen LogP contribution < -0.4 is 10.6 Å². The topological polar surface area (TPSA) is 41.1 Å². The van der Waals surface area contributed by atoms with Gasteiger partial charge < -0.3 is 10.6 Å². The highest BCUT2D eigenvalue weighted by Gasteiger charge is 2.10. The molecule has 1 aromatic carbocycles. The van der Waals surface area contributed by atoms with Crippen molar-refractivity contribution in [3.05, 3.63) is 29.8 Å². The van der Waals surface area contributed by atoms with Gasteiger partial charge in [-0.2, -0.15) is 0 Å². The van der Waals surface area contributed by atoms with E-state index < -0.39 is 0 Å². The first-order valence-corrected chi connectivity index (χ1v) is 7.65. The van der Waals surface area contributed by atoms with Crippen LogP contribution in [0.25, 0.3) is 0 Å². The van der Waals surface area contributed by atoms with Crippen LogP contribution in [0.1, 0.15) is 45.6 Å². The molecule has 0 aliphatic heterocycles. The highest BCUT2D eigenvalue weighted by atomic mass is 16.1. The molecule has 1 amide bonds. The molecule has 0 saturated carbocycles. The lowest BCUT2D eigenvalue weighted by atomic mass is 9.97. The molecule has 0 aliphatic carbocycles. The molecule has 20 heavy (non-hydrogen) atoms. The van der Waals surface area contributed by atoms with Crippen LogP contribution in [0.2, 0.25) is 0 Å². The molecule has 0 saturated heterocycles. The molecular formula is C17H28N2O. The second-order valence-corrected chi connectivity index (χ2v) is 5.55. The van der Waals surface area contributed by atoms with Crippen LogP contribution >= 0.6 is 0 Å². The summed E-state index contributed by atoms with van der Waals surface area (Å²) in [4.78, 5) is 11.3. The van der Waals surface area contributed by atoms with Crippen LogP contribution in [0.5, 0.6) is 0 Å². The number of likely N-dealkylation sites (N-methyl/N-ethyl adjacent to an activating group) is 1. The lowest BCUT2D eigenvalue weighted by Crippen LogP contribution is -2.21. The van der Waals surface area contributed by atoms with Crippen molar-refractivity contribution in [1.82, 2.24) is 5.32 Å². The van der Waals surface area contributed by atoms with Gasteiger partial charge in [-0.25, -0.2) is 0 Å². The lowest BCUT2D eigenvalue weighted by molar-refractivity contribution is -0.119. The van der Waals surface area contributed by atoms with E-state index in [4.69, 9.17) is 0 Å². The summed E-state index contributed by atoms with van der Waals surface area (Å²) in [6.45, 7) is 6.77. The Labute approximate surface area is 123 Å². The number of carbonyl (C=O) groups excluding carboxylic acids is 1. The minimum atomic E-state index is 0.0499. The normalized spacial score (nSPS) is 13.6. The fraction of sp³-hybridized carbons (Fsp3) is 0.588. The van der Waals surface area contributed by atoms with Gasteiger partial charge >= 0.3 is 0 Å². The first-order valence-electron chi connectivity index (χ1n) is 7.65. The van der Waals surface area contributed by atoms with Gasteiger partial charge in [-0.15, -0.1) is 0 Å². The van der Waals surface area contributed by atoms with Gasteiger partial charge in [-0.3, -0.25) is 4.79 Å². The molecule has 0 fully saturated rings. The summed E-state index contributed by atoms with van der Waals surface area (Å²) in [7, 11) is 1.67. The molecule has 0 radical (unpaired) electrons. The molecule has 3 nitrogen and oxygen atoms in total. The van der Waals surface area contributed by atoms with Crippen LogP contribution in [0, 0.1) is 5.92 Å². The van der Waals surface area contributed by atoms with Crippen molar-refractivity contribution in [2.24, 2.45) is 5.92 Å². The zero-order chi connectivity index (χ0) is 15.0. The minimum absolute atomic E-state index is 0.0499. The van der Waals surface area contributed by atoms with Crippen LogP contribution in [-0.2, 0) is 11.2 Å². The predicted molar refractivity (Wildman–Crippen MR) is 86.0 cm³/mol. The number of carbonyl (C=O) groups is 1. The molecular weight excluding hydrogens is 248 g/mol. The predicted octanol–water partition coefficient (Wildman–Crippen LogP) is 3.60. The second-order valence-electron chi connectivity index (χ2n) is 5.55. The Bertz CT molecular complexity index is 400. The minimum Gasteiger partial charge on any atom is -0.382 e. The maximum absolute atomic E-state index is 11.3. The summed E-state index contributed by atoms with van der Waals surface area (Å²) < 4.78 is 0. The number of benzene rings is 1. The first-order chi connectivity index (χ1) is 9.58. The van der Waals surface area contributed by atoms with Crippen molar-refractivity contribution in [2.45, 2.75) is 52.5 Å². The highest BCUT2D eigenvalue weighted by Crippen LogP contribution is 2.18. The van der Waals surface area contributed by atoms with E-state index in [1.165, 1.54) is 12.8 Å². The van der Waals surface area contributed by atoms with Gasteiger partial charge in [0.25, 0.3) is 0 Å². The second kappa shape index (κ2) is 8.62. The van der Waals surface area contributed by atoms with Crippen molar-refractivity contribution in [3.8, 4) is 0 Å². The Hall–Kier alpha value is -1.51. The summed E-state index contributed by atoms with van der Waals surface area (Å²) in [6, 6.07) is 8.70. The molecule has 1 rings (SSSR count). The first kappa shape index (κ1) is 16.5. The number of anilines is 1. The van der Waals surface area contributed by atoms with E-state index in [0.717, 1.165) is 23.6 Å². The molecule has 0 spiro atoms. The van der Waals surface area contributed by atoms with E-state index in [0.29, 0.717) is 12.5 Å². The average Bonchev–Trinajstić information content (AvgIpc) is 2.48. The van der Waals surface area contributed by atoms with Crippen LogP contribution in [0.3, 0.4) is 0 Å². The summed E-state index contributed by atoms with van der Waals surface area (Å²) >= 11 is 0. The van der Waals surface area contributed by atoms with Gasteiger partial charge in [0, 0.05) is 18.8 Å². The molecule has 3 heteroatoms. The Morgan fingerprint density at radius 2 is 1.80 bits per heavy atom. The number of nitrogens with one attached hydrogen (secondary N) is 2. The van der Waals surface area contributed by atoms with Crippen molar-refractivity contribution < 1.29 is 4.79 Å². The summed E-state index contributed by atoms with van der Waals surface area (Å²) in [5.74, 6) is 0.800. The average molecular weight is 276 g/mol. The third-order valence-electron chi connectivity index (χ3n) is 3.84. The Balaban J connectivity index is 2.57. The van der Waals surface area contributed by atoms with Crippen molar-refractivity contribution in [2.75, 3.05) is 12.4 Å². The van der Waals surface area contributed by atoms with Crippen molar-refractivity contribution in [1.29, 1.82) is 0 Å². The molecule has 0 heterocycles. The van der Waals surface area contributed by atoms with Crippen LogP contribution in [0.15, 0.2) is 24.3 Å². The van der Waals surface area contributed by atoms with E-state index in [-0.39, 0.29) is 5.91 Å². The number of rotatable bonds is 8. The molecule has 112 valence electrons. The molecule has 2 unspecified atom stereocenters. The maximum atomic E-state index is 11.3. The molecule has 0 aliphatic rings. The van der Waals surface area contributed by atoms with Crippen LogP contribution in [-0.4, -0.2) is 19.0 Å². The monoisotopic (exact) mass is 276 g/mol. The zero-order valence-electron chi connectivity index (χ0n) is 13.2. The molecule has 1 aromatic rings. The van der Waals surface area contributed by atoms with Gasteiger partial charge in [0.2, 0.25) is 5.91 Å². The zero-order valence-corrected chi connectivity index (χ0v) is 13.2. The quantitative estimate of drug-likeness (QED) is 0.761. The maximum Gasteiger partial charge on any atom is 0.224 e. The fourth-order valence-corrected chi connectivity index (χ4v) is 2.21. The van der Waals surface area contributed by atoms with Crippen LogP contribution in [0.4, 0.5) is 5.69 Å². The summed E-state index contributed by atoms with van der Waals surface area (Å²) in [5, 5.41) is 6.23. The number of hydrogen-bond donors (Lipinski definition) is 2. The van der Waals surface area contributed by atoms with E-state index in [9.17, 15) is 4.79 Å². The molecule has 0 aromatic heterocycles. The van der Waals surface area contributed by atoms with E-state index in [1.807, 2.05) is 12.1 Å². The third-order valence-corrected chi connectivity index (χ3v) is 3.84. The highest BCUT2D eigenvalue weighted by molar-refractivity contribution is 5.78. The third kappa shape index (κ3) is 5.64. The van der Waals surface area contributed by atoms with Gasteiger partial charge in [0.15, 0.2) is 0 Å². The number of amides is 1. The largest absolute Gasteiger partial charge is 0.382 e. The Morgan fingerprint density at radius 3 is 2.30 bits per heavy atom. The van der Waals surface area contributed by atoms with E-state index in [2.05, 4.69) is 43.5 Å². The summed E-state index contributed by atoms with van der Waals surface area (Å²) in [5.41, 5.74) is 2.19. The van der Waals surface area contributed by atoms with Gasteiger partial charge in [-0.05, 0) is 36.5 Å². The standard InChI is InChI=1S/C17H28N2O/c1-5-13(3)11-15(6-2)19-16-9-7-14(8-10-16)12-17(20)18-4/h7-10,13,15,19H,5-6,11-12H2,1-4H3,(H,18,20). The molecule has 2 atom stereocenters. The number of hydrogen-bond acceptors (Lipinski definition) is 2. The molecule has 0 bridgehead atoms. The van der Waals surface area contributed by atoms with Crippen molar-refractivity contribution in [3.63, 3.8) is 0 Å². The van der Waals surface area contributed by atoms with Crippen molar-refractivity contribution >= 4 is 11.6 Å². The summed E-state index contributed by atoms with van der Waals surface area (Å²) in [6.07, 6.45) is 4.00. The molecule has 2 N–H and O–H groups in total.